The van der Waals surface area contributed by atoms with E-state index in [-0.39, 0.29) is 11.8 Å². The number of hydrogen-bond donors (Lipinski definition) is 1. The van der Waals surface area contributed by atoms with E-state index in [1.165, 1.54) is 0 Å². The summed E-state index contributed by atoms with van der Waals surface area (Å²) in [5, 5.41) is 2.90. The van der Waals surface area contributed by atoms with Crippen LogP contribution in [0, 0.1) is 0 Å². The molecule has 0 aromatic heterocycles. The van der Waals surface area contributed by atoms with Gasteiger partial charge in [-0.1, -0.05) is 56.2 Å². The molecular weight excluding hydrogens is 400 g/mol. The van der Waals surface area contributed by atoms with Crippen LogP contribution >= 0.6 is 0 Å². The molecule has 0 saturated heterocycles. The number of nitrogens with zero attached hydrogens (tertiary/aromatic N) is 1. The molecule has 0 unspecified atom stereocenters. The van der Waals surface area contributed by atoms with Crippen LogP contribution in [-0.4, -0.2) is 25.0 Å². The summed E-state index contributed by atoms with van der Waals surface area (Å²) in [6.45, 7) is 5.20. The third-order valence-electron chi connectivity index (χ3n) is 5.13. The number of rotatable bonds is 10. The number of carbonyl (C=O) groups is 2. The monoisotopic (exact) mass is 430 g/mol. The Bertz CT molecular complexity index is 1030. The molecule has 3 aromatic rings. The van der Waals surface area contributed by atoms with Crippen molar-refractivity contribution in [2.45, 2.75) is 33.1 Å². The molecule has 32 heavy (non-hydrogen) atoms. The lowest BCUT2D eigenvalue weighted by atomic mass is 10.1. The first-order valence-corrected chi connectivity index (χ1v) is 11.1. The first kappa shape index (κ1) is 23.1. The van der Waals surface area contributed by atoms with Crippen molar-refractivity contribution >= 4 is 23.2 Å². The van der Waals surface area contributed by atoms with E-state index in [4.69, 9.17) is 4.74 Å². The van der Waals surface area contributed by atoms with Crippen LogP contribution in [0.4, 0.5) is 11.4 Å². The number of ether oxygens (including phenoxy) is 1. The zero-order valence-corrected chi connectivity index (χ0v) is 18.7. The molecule has 3 aromatic carbocycles. The van der Waals surface area contributed by atoms with E-state index in [9.17, 15) is 9.59 Å². The molecule has 0 aliphatic heterocycles. The van der Waals surface area contributed by atoms with Crippen molar-refractivity contribution in [2.24, 2.45) is 0 Å². The van der Waals surface area contributed by atoms with Gasteiger partial charge in [-0.05, 0) is 55.8 Å². The molecule has 3 rings (SSSR count). The maximum absolute atomic E-state index is 13.1. The smallest absolute Gasteiger partial charge is 0.259 e. The van der Waals surface area contributed by atoms with Gasteiger partial charge in [-0.2, -0.15) is 0 Å². The lowest BCUT2D eigenvalue weighted by Crippen LogP contribution is -2.30. The number of benzene rings is 3. The summed E-state index contributed by atoms with van der Waals surface area (Å²) >= 11 is 0. The van der Waals surface area contributed by atoms with Crippen LogP contribution in [-0.2, 0) is 0 Å². The molecule has 5 nitrogen and oxygen atoms in total. The zero-order chi connectivity index (χ0) is 22.8. The number of carbonyl (C=O) groups excluding carboxylic acids is 2. The average molecular weight is 431 g/mol. The number of hydrogen-bond acceptors (Lipinski definition) is 3. The highest BCUT2D eigenvalue weighted by molar-refractivity contribution is 6.09. The lowest BCUT2D eigenvalue weighted by Gasteiger charge is -2.21. The molecule has 0 atom stereocenters. The molecule has 5 heteroatoms. The Hall–Kier alpha value is -3.60. The molecule has 0 heterocycles. The third-order valence-corrected chi connectivity index (χ3v) is 5.13. The maximum atomic E-state index is 13.1. The predicted octanol–water partition coefficient (Wildman–Crippen LogP) is 6.17. The van der Waals surface area contributed by atoms with Crippen molar-refractivity contribution in [1.29, 1.82) is 0 Å². The van der Waals surface area contributed by atoms with Crippen LogP contribution in [0.2, 0.25) is 0 Å². The second-order valence-corrected chi connectivity index (χ2v) is 7.47. The molecule has 2 amide bonds. The first-order valence-electron chi connectivity index (χ1n) is 11.1. The van der Waals surface area contributed by atoms with Crippen LogP contribution < -0.4 is 15.0 Å². The Morgan fingerprint density at radius 1 is 0.875 bits per heavy atom. The molecule has 1 N–H and O–H groups in total. The van der Waals surface area contributed by atoms with Gasteiger partial charge in [0.25, 0.3) is 11.8 Å². The summed E-state index contributed by atoms with van der Waals surface area (Å²) in [7, 11) is 0. The highest BCUT2D eigenvalue weighted by Gasteiger charge is 2.17. The normalized spacial score (nSPS) is 10.4. The van der Waals surface area contributed by atoms with Gasteiger partial charge in [-0.3, -0.25) is 9.59 Å². The average Bonchev–Trinajstić information content (AvgIpc) is 2.83. The van der Waals surface area contributed by atoms with E-state index in [0.29, 0.717) is 35.7 Å². The minimum Gasteiger partial charge on any atom is -0.493 e. The summed E-state index contributed by atoms with van der Waals surface area (Å²) in [6.07, 6.45) is 3.15. The van der Waals surface area contributed by atoms with E-state index in [1.54, 1.807) is 41.3 Å². The standard InChI is InChI=1S/C27H30N2O3/c1-3-5-11-19-32-25-18-10-9-17-24(25)26(30)28-22-14-12-13-21(20-22)27(31)29(4-2)23-15-7-6-8-16-23/h6-10,12-18,20H,3-5,11,19H2,1-2H3,(H,28,30). The topological polar surface area (TPSA) is 58.6 Å². The number of nitrogens with one attached hydrogen (secondary N) is 1. The van der Waals surface area contributed by atoms with Crippen LogP contribution in [0.25, 0.3) is 0 Å². The number of anilines is 2. The van der Waals surface area contributed by atoms with E-state index >= 15 is 0 Å². The van der Waals surface area contributed by atoms with E-state index in [2.05, 4.69) is 12.2 Å². The fourth-order valence-corrected chi connectivity index (χ4v) is 3.45. The summed E-state index contributed by atoms with van der Waals surface area (Å²) in [6, 6.07) is 23.8. The number of amides is 2. The van der Waals surface area contributed by atoms with Gasteiger partial charge in [0.15, 0.2) is 0 Å². The van der Waals surface area contributed by atoms with Crippen LogP contribution in [0.15, 0.2) is 78.9 Å². The van der Waals surface area contributed by atoms with Gasteiger partial charge in [0.2, 0.25) is 0 Å². The van der Waals surface area contributed by atoms with Crippen molar-refractivity contribution < 1.29 is 14.3 Å². The fourth-order valence-electron chi connectivity index (χ4n) is 3.45. The minimum absolute atomic E-state index is 0.116. The molecule has 0 aliphatic rings. The fraction of sp³-hybridized carbons (Fsp3) is 0.259. The van der Waals surface area contributed by atoms with Gasteiger partial charge < -0.3 is 15.0 Å². The summed E-state index contributed by atoms with van der Waals surface area (Å²) in [4.78, 5) is 27.7. The quantitative estimate of drug-likeness (QED) is 0.391. The Kier molecular flexibility index (Phi) is 8.44. The van der Waals surface area contributed by atoms with Gasteiger partial charge in [0, 0.05) is 23.5 Å². The Balaban J connectivity index is 1.74. The van der Waals surface area contributed by atoms with E-state index in [0.717, 1.165) is 24.9 Å². The maximum Gasteiger partial charge on any atom is 0.259 e. The molecule has 0 bridgehead atoms. The molecule has 0 aliphatic carbocycles. The van der Waals surface area contributed by atoms with Gasteiger partial charge in [0.05, 0.1) is 12.2 Å². The molecular formula is C27H30N2O3. The van der Waals surface area contributed by atoms with E-state index < -0.39 is 0 Å². The Labute approximate surface area is 190 Å². The molecule has 0 radical (unpaired) electrons. The predicted molar refractivity (Wildman–Crippen MR) is 130 cm³/mol. The zero-order valence-electron chi connectivity index (χ0n) is 18.7. The molecule has 166 valence electrons. The summed E-state index contributed by atoms with van der Waals surface area (Å²) in [5.41, 5.74) is 2.38. The van der Waals surface area contributed by atoms with Crippen molar-refractivity contribution in [1.82, 2.24) is 0 Å². The third kappa shape index (κ3) is 5.97. The van der Waals surface area contributed by atoms with Gasteiger partial charge in [-0.25, -0.2) is 0 Å². The van der Waals surface area contributed by atoms with Crippen LogP contribution in [0.1, 0.15) is 53.8 Å². The van der Waals surface area contributed by atoms with Crippen LogP contribution in [0.5, 0.6) is 5.75 Å². The van der Waals surface area contributed by atoms with Gasteiger partial charge >= 0.3 is 0 Å². The Morgan fingerprint density at radius 2 is 1.62 bits per heavy atom. The lowest BCUT2D eigenvalue weighted by molar-refractivity contribution is 0.0985. The summed E-state index contributed by atoms with van der Waals surface area (Å²) in [5.74, 6) is 0.181. The second-order valence-electron chi connectivity index (χ2n) is 7.47. The minimum atomic E-state index is -0.268. The second kappa shape index (κ2) is 11.7. The first-order chi connectivity index (χ1) is 15.6. The Morgan fingerprint density at radius 3 is 2.38 bits per heavy atom. The largest absolute Gasteiger partial charge is 0.493 e. The van der Waals surface area contributed by atoms with E-state index in [1.807, 2.05) is 49.4 Å². The molecule has 0 saturated carbocycles. The highest BCUT2D eigenvalue weighted by atomic mass is 16.5. The van der Waals surface area contributed by atoms with Crippen molar-refractivity contribution in [3.05, 3.63) is 90.0 Å². The highest BCUT2D eigenvalue weighted by Crippen LogP contribution is 2.22. The van der Waals surface area contributed by atoms with Crippen molar-refractivity contribution in [2.75, 3.05) is 23.4 Å². The summed E-state index contributed by atoms with van der Waals surface area (Å²) < 4.78 is 5.83. The van der Waals surface area contributed by atoms with Gasteiger partial charge in [-0.15, -0.1) is 0 Å². The number of unbranched alkanes of at least 4 members (excludes halogenated alkanes) is 2. The molecule has 0 fully saturated rings. The van der Waals surface area contributed by atoms with Crippen molar-refractivity contribution in [3.63, 3.8) is 0 Å². The number of para-hydroxylation sites is 2. The molecule has 0 spiro atoms. The van der Waals surface area contributed by atoms with Gasteiger partial charge in [0.1, 0.15) is 5.75 Å². The van der Waals surface area contributed by atoms with Crippen molar-refractivity contribution in [3.8, 4) is 5.75 Å². The SMILES string of the molecule is CCCCCOc1ccccc1C(=O)Nc1cccc(C(=O)N(CC)c2ccccc2)c1. The van der Waals surface area contributed by atoms with Crippen LogP contribution in [0.3, 0.4) is 0 Å².